The van der Waals surface area contributed by atoms with Crippen molar-refractivity contribution in [2.45, 2.75) is 38.0 Å². The van der Waals surface area contributed by atoms with E-state index in [0.717, 1.165) is 12.8 Å². The van der Waals surface area contributed by atoms with Gasteiger partial charge in [0, 0.05) is 6.04 Å². The van der Waals surface area contributed by atoms with Crippen LogP contribution in [0.5, 0.6) is 0 Å². The fourth-order valence-corrected chi connectivity index (χ4v) is 1.47. The van der Waals surface area contributed by atoms with Gasteiger partial charge in [0.1, 0.15) is 0 Å². The second-order valence-corrected chi connectivity index (χ2v) is 4.25. The Morgan fingerprint density at radius 2 is 2.12 bits per heavy atom. The number of hydrogen-bond acceptors (Lipinski definition) is 2. The predicted octanol–water partition coefficient (Wildman–Crippen LogP) is 2.93. The van der Waals surface area contributed by atoms with E-state index in [9.17, 15) is 8.78 Å². The Bertz CT molecular complexity index is 375. The molecule has 2 nitrogen and oxygen atoms in total. The van der Waals surface area contributed by atoms with E-state index >= 15 is 0 Å². The lowest BCUT2D eigenvalue weighted by atomic mass is 10.1. The average molecular weight is 227 g/mol. The van der Waals surface area contributed by atoms with Crippen molar-refractivity contribution in [3.05, 3.63) is 35.4 Å². The van der Waals surface area contributed by atoms with Crippen molar-refractivity contribution in [2.75, 3.05) is 0 Å². The molecule has 2 N–H and O–H groups in total. The minimum atomic E-state index is -3.20. The lowest BCUT2D eigenvalue weighted by Crippen LogP contribution is -2.20. The Morgan fingerprint density at radius 3 is 2.69 bits per heavy atom. The average Bonchev–Trinajstić information content (AvgIpc) is 3.01. The number of alkyl halides is 2. The molecular weight excluding hydrogens is 212 g/mol. The first-order valence-electron chi connectivity index (χ1n) is 5.41. The van der Waals surface area contributed by atoms with E-state index in [1.165, 1.54) is 12.1 Å². The summed E-state index contributed by atoms with van der Waals surface area (Å²) in [5.74, 6) is 0. The van der Waals surface area contributed by atoms with Crippen LogP contribution < -0.4 is 5.73 Å². The summed E-state index contributed by atoms with van der Waals surface area (Å²) in [7, 11) is 0. The second kappa shape index (κ2) is 4.11. The Balaban J connectivity index is 2.20. The van der Waals surface area contributed by atoms with E-state index in [1.54, 1.807) is 19.1 Å². The largest absolute Gasteiger partial charge is 0.383 e. The number of nitrogens with two attached hydrogens (primary N) is 1. The number of ether oxygens (including phenoxy) is 1. The fourth-order valence-electron chi connectivity index (χ4n) is 1.47. The lowest BCUT2D eigenvalue weighted by molar-refractivity contribution is -0.255. The molecule has 4 heteroatoms. The van der Waals surface area contributed by atoms with E-state index in [2.05, 4.69) is 0 Å². The topological polar surface area (TPSA) is 35.2 Å². The summed E-state index contributed by atoms with van der Waals surface area (Å²) in [6.07, 6.45) is -2.04. The molecule has 1 aliphatic carbocycles. The quantitative estimate of drug-likeness (QED) is 0.858. The van der Waals surface area contributed by atoms with Gasteiger partial charge in [0.2, 0.25) is 0 Å². The summed E-state index contributed by atoms with van der Waals surface area (Å²) in [5.41, 5.74) is 6.23. The predicted molar refractivity (Wildman–Crippen MR) is 57.0 cm³/mol. The molecule has 1 fully saturated rings. The molecule has 0 bridgehead atoms. The van der Waals surface area contributed by atoms with Gasteiger partial charge in [-0.1, -0.05) is 18.2 Å². The number of hydrogen-bond donors (Lipinski definition) is 1. The third-order valence-corrected chi connectivity index (χ3v) is 2.59. The molecule has 0 aliphatic heterocycles. The summed E-state index contributed by atoms with van der Waals surface area (Å²) >= 11 is 0. The van der Waals surface area contributed by atoms with Gasteiger partial charge in [-0.05, 0) is 31.4 Å². The molecule has 16 heavy (non-hydrogen) atoms. The van der Waals surface area contributed by atoms with Crippen molar-refractivity contribution >= 4 is 0 Å². The summed E-state index contributed by atoms with van der Waals surface area (Å²) in [6, 6.07) is 5.85. The van der Waals surface area contributed by atoms with Gasteiger partial charge in [-0.2, -0.15) is 8.78 Å². The Morgan fingerprint density at radius 1 is 1.44 bits per heavy atom. The molecule has 0 heterocycles. The van der Waals surface area contributed by atoms with Crippen molar-refractivity contribution < 1.29 is 13.5 Å². The molecule has 1 aliphatic rings. The zero-order valence-corrected chi connectivity index (χ0v) is 9.12. The van der Waals surface area contributed by atoms with Crippen LogP contribution in [-0.4, -0.2) is 6.10 Å². The molecule has 1 saturated carbocycles. The third kappa shape index (κ3) is 2.57. The number of rotatable bonds is 4. The molecule has 0 amide bonds. The molecule has 0 saturated heterocycles. The Hall–Kier alpha value is -1.00. The van der Waals surface area contributed by atoms with Crippen LogP contribution in [0.1, 0.15) is 36.9 Å². The van der Waals surface area contributed by atoms with Gasteiger partial charge >= 0.3 is 6.11 Å². The SMILES string of the molecule is C[C@@H](N)c1cccc(C(F)(F)OC2CC2)c1. The first-order valence-corrected chi connectivity index (χ1v) is 5.41. The Kier molecular flexibility index (Phi) is 2.95. The molecule has 0 aromatic heterocycles. The van der Waals surface area contributed by atoms with Crippen LogP contribution >= 0.6 is 0 Å². The van der Waals surface area contributed by atoms with Gasteiger partial charge in [-0.25, -0.2) is 0 Å². The molecule has 0 unspecified atom stereocenters. The summed E-state index contributed by atoms with van der Waals surface area (Å²) in [5, 5.41) is 0. The van der Waals surface area contributed by atoms with Gasteiger partial charge in [0.25, 0.3) is 0 Å². The molecule has 88 valence electrons. The van der Waals surface area contributed by atoms with E-state index in [1.807, 2.05) is 0 Å². The smallest absolute Gasteiger partial charge is 0.324 e. The van der Waals surface area contributed by atoms with Gasteiger partial charge in [-0.3, -0.25) is 0 Å². The highest BCUT2D eigenvalue weighted by Crippen LogP contribution is 2.37. The molecule has 2 rings (SSSR count). The van der Waals surface area contributed by atoms with Gasteiger partial charge < -0.3 is 10.5 Å². The van der Waals surface area contributed by atoms with Gasteiger partial charge in [0.15, 0.2) is 0 Å². The molecular formula is C12H15F2NO. The maximum absolute atomic E-state index is 13.6. The monoisotopic (exact) mass is 227 g/mol. The highest BCUT2D eigenvalue weighted by atomic mass is 19.3. The first-order chi connectivity index (χ1) is 7.49. The van der Waals surface area contributed by atoms with Crippen molar-refractivity contribution in [3.63, 3.8) is 0 Å². The maximum atomic E-state index is 13.6. The zero-order valence-electron chi connectivity index (χ0n) is 9.12. The molecule has 1 atom stereocenters. The number of halogens is 2. The summed E-state index contributed by atoms with van der Waals surface area (Å²) < 4.78 is 31.9. The van der Waals surface area contributed by atoms with E-state index in [4.69, 9.17) is 10.5 Å². The number of benzene rings is 1. The van der Waals surface area contributed by atoms with Crippen LogP contribution in [0.2, 0.25) is 0 Å². The second-order valence-electron chi connectivity index (χ2n) is 4.25. The van der Waals surface area contributed by atoms with E-state index in [0.29, 0.717) is 5.56 Å². The van der Waals surface area contributed by atoms with Crippen LogP contribution in [0.3, 0.4) is 0 Å². The minimum absolute atomic E-state index is 0.116. The molecule has 1 aromatic rings. The lowest BCUT2D eigenvalue weighted by Gasteiger charge is -2.18. The zero-order chi connectivity index (χ0) is 11.8. The van der Waals surface area contributed by atoms with Crippen LogP contribution in [0.15, 0.2) is 24.3 Å². The van der Waals surface area contributed by atoms with E-state index in [-0.39, 0.29) is 17.7 Å². The van der Waals surface area contributed by atoms with Crippen molar-refractivity contribution in [1.82, 2.24) is 0 Å². The summed E-state index contributed by atoms with van der Waals surface area (Å²) in [6.45, 7) is 1.76. The maximum Gasteiger partial charge on any atom is 0.383 e. The fraction of sp³-hybridized carbons (Fsp3) is 0.500. The highest BCUT2D eigenvalue weighted by molar-refractivity contribution is 5.27. The van der Waals surface area contributed by atoms with Crippen LogP contribution in [0.25, 0.3) is 0 Å². The van der Waals surface area contributed by atoms with Gasteiger partial charge in [0.05, 0.1) is 11.7 Å². The summed E-state index contributed by atoms with van der Waals surface area (Å²) in [4.78, 5) is 0. The van der Waals surface area contributed by atoms with Crippen molar-refractivity contribution in [2.24, 2.45) is 5.73 Å². The minimum Gasteiger partial charge on any atom is -0.324 e. The first kappa shape index (κ1) is 11.5. The molecule has 1 aromatic carbocycles. The standard InChI is InChI=1S/C12H15F2NO/c1-8(15)9-3-2-4-10(7-9)12(13,14)16-11-5-6-11/h2-4,7-8,11H,5-6,15H2,1H3/t8-/m1/s1. The van der Waals surface area contributed by atoms with Crippen LogP contribution in [0.4, 0.5) is 8.78 Å². The Labute approximate surface area is 93.4 Å². The van der Waals surface area contributed by atoms with Crippen LogP contribution in [-0.2, 0) is 10.8 Å². The van der Waals surface area contributed by atoms with Crippen molar-refractivity contribution in [3.8, 4) is 0 Å². The normalized spacial score (nSPS) is 18.5. The highest BCUT2D eigenvalue weighted by Gasteiger charge is 2.40. The van der Waals surface area contributed by atoms with Crippen molar-refractivity contribution in [1.29, 1.82) is 0 Å². The molecule has 0 radical (unpaired) electrons. The molecule has 0 spiro atoms. The van der Waals surface area contributed by atoms with Gasteiger partial charge in [-0.15, -0.1) is 0 Å². The van der Waals surface area contributed by atoms with Crippen LogP contribution in [0, 0.1) is 0 Å². The van der Waals surface area contributed by atoms with E-state index < -0.39 is 6.11 Å². The third-order valence-electron chi connectivity index (χ3n) is 2.59.